The molecule has 0 spiro atoms. The minimum Gasteiger partial charge on any atom is -0.379 e. The molecule has 0 aromatic carbocycles. The van der Waals surface area contributed by atoms with Crippen LogP contribution in [0.25, 0.3) is 0 Å². The maximum atomic E-state index is 12.3. The standard InChI is InChI=1S/C6H10BrF3O2/c1-2-11-3-4-12-6(9,10)5(7)8/h5H,2-4H2,1H3. The summed E-state index contributed by atoms with van der Waals surface area (Å²) in [6.45, 7) is 1.85. The quantitative estimate of drug-likeness (QED) is 0.532. The molecule has 0 bridgehead atoms. The molecule has 74 valence electrons. The Morgan fingerprint density at radius 3 is 2.42 bits per heavy atom. The van der Waals surface area contributed by atoms with Gasteiger partial charge in [0.25, 0.3) is 0 Å². The third-order valence-electron chi connectivity index (χ3n) is 0.980. The Balaban J connectivity index is 3.47. The van der Waals surface area contributed by atoms with Crippen molar-refractivity contribution < 1.29 is 22.6 Å². The lowest BCUT2D eigenvalue weighted by Gasteiger charge is -2.16. The van der Waals surface area contributed by atoms with E-state index in [4.69, 9.17) is 4.74 Å². The van der Waals surface area contributed by atoms with Crippen molar-refractivity contribution in [3.63, 3.8) is 0 Å². The molecular formula is C6H10BrF3O2. The average molecular weight is 251 g/mol. The first-order valence-electron chi connectivity index (χ1n) is 3.38. The Kier molecular flexibility index (Phi) is 5.86. The molecule has 0 saturated carbocycles. The number of rotatable bonds is 6. The van der Waals surface area contributed by atoms with Crippen molar-refractivity contribution >= 4 is 15.9 Å². The van der Waals surface area contributed by atoms with Crippen LogP contribution in [0.2, 0.25) is 0 Å². The van der Waals surface area contributed by atoms with E-state index in [1.807, 2.05) is 0 Å². The highest BCUT2D eigenvalue weighted by atomic mass is 79.9. The van der Waals surface area contributed by atoms with E-state index < -0.39 is 11.2 Å². The molecular weight excluding hydrogens is 241 g/mol. The van der Waals surface area contributed by atoms with Gasteiger partial charge in [-0.2, -0.15) is 8.78 Å². The molecule has 0 amide bonds. The molecule has 0 heterocycles. The predicted octanol–water partition coefficient (Wildman–Crippen LogP) is 2.32. The average Bonchev–Trinajstić information content (AvgIpc) is 1.98. The second-order valence-corrected chi connectivity index (χ2v) is 2.71. The summed E-state index contributed by atoms with van der Waals surface area (Å²) < 4.78 is 45.2. The normalized spacial score (nSPS) is 14.8. The van der Waals surface area contributed by atoms with E-state index in [1.165, 1.54) is 0 Å². The summed E-state index contributed by atoms with van der Waals surface area (Å²) in [6.07, 6.45) is -3.78. The van der Waals surface area contributed by atoms with Gasteiger partial charge in [-0.05, 0) is 22.9 Å². The maximum absolute atomic E-state index is 12.3. The van der Waals surface area contributed by atoms with Crippen LogP contribution in [0.5, 0.6) is 0 Å². The molecule has 12 heavy (non-hydrogen) atoms. The van der Waals surface area contributed by atoms with Gasteiger partial charge in [0.05, 0.1) is 13.2 Å². The SMILES string of the molecule is CCOCCOC(F)(F)C(F)Br. The van der Waals surface area contributed by atoms with E-state index in [-0.39, 0.29) is 13.2 Å². The zero-order chi connectivity index (χ0) is 9.61. The molecule has 0 aromatic rings. The van der Waals surface area contributed by atoms with Crippen molar-refractivity contribution in [2.45, 2.75) is 18.1 Å². The Hall–Kier alpha value is 0.190. The molecule has 6 heteroatoms. The lowest BCUT2D eigenvalue weighted by molar-refractivity contribution is -0.257. The minimum atomic E-state index is -3.78. The summed E-state index contributed by atoms with van der Waals surface area (Å²) in [6, 6.07) is 0. The lowest BCUT2D eigenvalue weighted by Crippen LogP contribution is -2.30. The first-order chi connectivity index (χ1) is 5.50. The smallest absolute Gasteiger partial charge is 0.379 e. The fraction of sp³-hybridized carbons (Fsp3) is 1.00. The Labute approximate surface area is 77.2 Å². The number of ether oxygens (including phenoxy) is 2. The zero-order valence-electron chi connectivity index (χ0n) is 6.53. The highest BCUT2D eigenvalue weighted by Crippen LogP contribution is 2.26. The molecule has 0 fully saturated rings. The summed E-state index contributed by atoms with van der Waals surface area (Å²) in [5, 5.41) is -2.48. The van der Waals surface area contributed by atoms with Crippen molar-refractivity contribution in [3.05, 3.63) is 0 Å². The first kappa shape index (κ1) is 12.2. The fourth-order valence-electron chi connectivity index (χ4n) is 0.444. The van der Waals surface area contributed by atoms with Gasteiger partial charge >= 0.3 is 6.11 Å². The van der Waals surface area contributed by atoms with Crippen LogP contribution < -0.4 is 0 Å². The fourth-order valence-corrected chi connectivity index (χ4v) is 0.576. The third-order valence-corrected chi connectivity index (χ3v) is 1.51. The topological polar surface area (TPSA) is 18.5 Å². The Morgan fingerprint density at radius 1 is 1.42 bits per heavy atom. The number of halogens is 4. The Bertz CT molecular complexity index is 121. The largest absolute Gasteiger partial charge is 0.397 e. The molecule has 0 rings (SSSR count). The molecule has 0 N–H and O–H groups in total. The minimum absolute atomic E-state index is 0.0335. The van der Waals surface area contributed by atoms with Gasteiger partial charge in [-0.25, -0.2) is 4.39 Å². The number of alkyl halides is 4. The van der Waals surface area contributed by atoms with E-state index >= 15 is 0 Å². The van der Waals surface area contributed by atoms with Crippen molar-refractivity contribution in [2.24, 2.45) is 0 Å². The van der Waals surface area contributed by atoms with Crippen LogP contribution in [0.4, 0.5) is 13.2 Å². The van der Waals surface area contributed by atoms with Gasteiger partial charge < -0.3 is 9.47 Å². The van der Waals surface area contributed by atoms with Gasteiger partial charge in [0.15, 0.2) is 0 Å². The maximum Gasteiger partial charge on any atom is 0.397 e. The molecule has 0 aromatic heterocycles. The molecule has 2 nitrogen and oxygen atoms in total. The van der Waals surface area contributed by atoms with Crippen LogP contribution in [-0.2, 0) is 9.47 Å². The van der Waals surface area contributed by atoms with Gasteiger partial charge in [-0.3, -0.25) is 0 Å². The van der Waals surface area contributed by atoms with Gasteiger partial charge in [0.1, 0.15) is 0 Å². The number of hydrogen-bond acceptors (Lipinski definition) is 2. The summed E-state index contributed by atoms with van der Waals surface area (Å²) >= 11 is 2.08. The second kappa shape index (κ2) is 5.77. The monoisotopic (exact) mass is 250 g/mol. The van der Waals surface area contributed by atoms with Crippen molar-refractivity contribution in [2.75, 3.05) is 19.8 Å². The number of hydrogen-bond donors (Lipinski definition) is 0. The predicted molar refractivity (Wildman–Crippen MR) is 41.2 cm³/mol. The van der Waals surface area contributed by atoms with Crippen LogP contribution in [0.1, 0.15) is 6.92 Å². The van der Waals surface area contributed by atoms with E-state index in [1.54, 1.807) is 6.92 Å². The van der Waals surface area contributed by atoms with Gasteiger partial charge in [0.2, 0.25) is 5.08 Å². The van der Waals surface area contributed by atoms with E-state index in [0.717, 1.165) is 0 Å². The molecule has 0 aliphatic rings. The van der Waals surface area contributed by atoms with E-state index in [9.17, 15) is 13.2 Å². The van der Waals surface area contributed by atoms with Crippen molar-refractivity contribution in [3.8, 4) is 0 Å². The third kappa shape index (κ3) is 4.95. The van der Waals surface area contributed by atoms with Crippen LogP contribution in [0.15, 0.2) is 0 Å². The van der Waals surface area contributed by atoms with Gasteiger partial charge in [-0.15, -0.1) is 0 Å². The van der Waals surface area contributed by atoms with Gasteiger partial charge in [-0.1, -0.05) is 0 Å². The summed E-state index contributed by atoms with van der Waals surface area (Å²) in [5.74, 6) is 0. The summed E-state index contributed by atoms with van der Waals surface area (Å²) in [4.78, 5) is 0. The van der Waals surface area contributed by atoms with E-state index in [2.05, 4.69) is 20.7 Å². The summed E-state index contributed by atoms with van der Waals surface area (Å²) in [7, 11) is 0. The van der Waals surface area contributed by atoms with Crippen molar-refractivity contribution in [1.82, 2.24) is 0 Å². The Morgan fingerprint density at radius 2 is 2.00 bits per heavy atom. The van der Waals surface area contributed by atoms with Crippen molar-refractivity contribution in [1.29, 1.82) is 0 Å². The molecule has 0 aliphatic carbocycles. The van der Waals surface area contributed by atoms with E-state index in [0.29, 0.717) is 6.61 Å². The second-order valence-electron chi connectivity index (χ2n) is 1.91. The lowest BCUT2D eigenvalue weighted by atomic mass is 10.6. The first-order valence-corrected chi connectivity index (χ1v) is 4.30. The van der Waals surface area contributed by atoms with Crippen LogP contribution in [0.3, 0.4) is 0 Å². The molecule has 1 atom stereocenters. The van der Waals surface area contributed by atoms with Crippen LogP contribution in [-0.4, -0.2) is 31.0 Å². The molecule has 0 radical (unpaired) electrons. The highest BCUT2D eigenvalue weighted by molar-refractivity contribution is 9.09. The summed E-state index contributed by atoms with van der Waals surface area (Å²) in [5.41, 5.74) is 0. The van der Waals surface area contributed by atoms with Crippen LogP contribution in [0, 0.1) is 0 Å². The molecule has 0 saturated heterocycles. The van der Waals surface area contributed by atoms with Crippen LogP contribution >= 0.6 is 15.9 Å². The molecule has 1 unspecified atom stereocenters. The van der Waals surface area contributed by atoms with Gasteiger partial charge in [0, 0.05) is 6.61 Å². The highest BCUT2D eigenvalue weighted by Gasteiger charge is 2.39. The zero-order valence-corrected chi connectivity index (χ0v) is 8.11. The molecule has 0 aliphatic heterocycles.